The lowest BCUT2D eigenvalue weighted by atomic mass is 9.98. The number of aromatic nitrogens is 2. The van der Waals surface area contributed by atoms with Crippen LogP contribution in [0.25, 0.3) is 21.9 Å². The number of hydrogen-bond acceptors (Lipinski definition) is 6. The van der Waals surface area contributed by atoms with E-state index in [4.69, 9.17) is 9.47 Å². The predicted molar refractivity (Wildman–Crippen MR) is 111 cm³/mol. The minimum absolute atomic E-state index is 0.247. The molecular weight excluding hydrogens is 366 g/mol. The summed E-state index contributed by atoms with van der Waals surface area (Å²) in [5.41, 5.74) is 1.93. The van der Waals surface area contributed by atoms with Crippen LogP contribution >= 0.6 is 0 Å². The molecule has 5 rings (SSSR count). The SMILES string of the molecule is OC(COc1ccc2ccccc2c1-c1ccnnc1)CN1C[C@H]2CC[C@@H](C1)O2. The van der Waals surface area contributed by atoms with E-state index < -0.39 is 6.10 Å². The van der Waals surface area contributed by atoms with Crippen LogP contribution < -0.4 is 4.74 Å². The number of rotatable bonds is 6. The van der Waals surface area contributed by atoms with Gasteiger partial charge in [-0.3, -0.25) is 4.90 Å². The van der Waals surface area contributed by atoms with Gasteiger partial charge < -0.3 is 14.6 Å². The first-order valence-electron chi connectivity index (χ1n) is 10.2. The summed E-state index contributed by atoms with van der Waals surface area (Å²) < 4.78 is 12.0. The van der Waals surface area contributed by atoms with E-state index in [1.807, 2.05) is 24.3 Å². The zero-order valence-electron chi connectivity index (χ0n) is 16.3. The third-order valence-electron chi connectivity index (χ3n) is 5.78. The molecule has 2 saturated heterocycles. The Hall–Kier alpha value is -2.54. The summed E-state index contributed by atoms with van der Waals surface area (Å²) in [5, 5.41) is 20.7. The number of aliphatic hydroxyl groups is 1. The van der Waals surface area contributed by atoms with Crippen LogP contribution in [0.3, 0.4) is 0 Å². The maximum atomic E-state index is 10.6. The number of morpholine rings is 1. The molecular formula is C23H25N3O3. The molecule has 0 amide bonds. The number of β-amino-alcohol motifs (C(OH)–C–C–N with tert-alkyl or cyclic N) is 1. The smallest absolute Gasteiger partial charge is 0.127 e. The van der Waals surface area contributed by atoms with Gasteiger partial charge in [-0.15, -0.1) is 0 Å². The highest BCUT2D eigenvalue weighted by Crippen LogP contribution is 2.36. The Morgan fingerprint density at radius 2 is 1.90 bits per heavy atom. The first-order chi connectivity index (χ1) is 14.3. The molecule has 2 aliphatic heterocycles. The van der Waals surface area contributed by atoms with Crippen molar-refractivity contribution in [2.24, 2.45) is 0 Å². The second kappa shape index (κ2) is 8.06. The van der Waals surface area contributed by atoms with Crippen molar-refractivity contribution in [3.63, 3.8) is 0 Å². The third kappa shape index (κ3) is 3.96. The van der Waals surface area contributed by atoms with Crippen molar-refractivity contribution in [1.29, 1.82) is 0 Å². The summed E-state index contributed by atoms with van der Waals surface area (Å²) in [6.07, 6.45) is 5.79. The molecule has 1 unspecified atom stereocenters. The van der Waals surface area contributed by atoms with Crippen LogP contribution in [0.5, 0.6) is 5.75 Å². The predicted octanol–water partition coefficient (Wildman–Crippen LogP) is 2.90. The highest BCUT2D eigenvalue weighted by molar-refractivity contribution is 5.99. The average molecular weight is 391 g/mol. The van der Waals surface area contributed by atoms with Gasteiger partial charge in [-0.2, -0.15) is 10.2 Å². The molecule has 29 heavy (non-hydrogen) atoms. The number of hydrogen-bond donors (Lipinski definition) is 1. The Bertz CT molecular complexity index is 970. The van der Waals surface area contributed by atoms with Gasteiger partial charge in [0.25, 0.3) is 0 Å². The second-order valence-corrected chi connectivity index (χ2v) is 7.93. The lowest BCUT2D eigenvalue weighted by Gasteiger charge is -2.33. The summed E-state index contributed by atoms with van der Waals surface area (Å²) in [7, 11) is 0. The zero-order valence-corrected chi connectivity index (χ0v) is 16.3. The van der Waals surface area contributed by atoms with E-state index in [1.54, 1.807) is 12.4 Å². The van der Waals surface area contributed by atoms with Crippen LogP contribution in [0.1, 0.15) is 12.8 Å². The number of nitrogens with zero attached hydrogens (tertiary/aromatic N) is 3. The Balaban J connectivity index is 1.33. The van der Waals surface area contributed by atoms with Crippen LogP contribution in [-0.2, 0) is 4.74 Å². The molecule has 2 aliphatic rings. The van der Waals surface area contributed by atoms with Crippen LogP contribution in [-0.4, -0.2) is 64.8 Å². The molecule has 3 heterocycles. The van der Waals surface area contributed by atoms with Crippen LogP contribution in [0.4, 0.5) is 0 Å². The van der Waals surface area contributed by atoms with Crippen molar-refractivity contribution in [3.8, 4) is 16.9 Å². The quantitative estimate of drug-likeness (QED) is 0.697. The van der Waals surface area contributed by atoms with E-state index >= 15 is 0 Å². The van der Waals surface area contributed by atoms with Gasteiger partial charge >= 0.3 is 0 Å². The molecule has 3 atom stereocenters. The van der Waals surface area contributed by atoms with Crippen molar-refractivity contribution in [2.75, 3.05) is 26.2 Å². The molecule has 3 aromatic rings. The zero-order chi connectivity index (χ0) is 19.6. The first kappa shape index (κ1) is 18.5. The fourth-order valence-electron chi connectivity index (χ4n) is 4.49. The van der Waals surface area contributed by atoms with Crippen molar-refractivity contribution in [2.45, 2.75) is 31.2 Å². The summed E-state index contributed by atoms with van der Waals surface area (Å²) >= 11 is 0. The molecule has 6 heteroatoms. The van der Waals surface area contributed by atoms with Gasteiger partial charge in [0.05, 0.1) is 24.6 Å². The largest absolute Gasteiger partial charge is 0.490 e. The van der Waals surface area contributed by atoms with Crippen molar-refractivity contribution < 1.29 is 14.6 Å². The van der Waals surface area contributed by atoms with E-state index in [2.05, 4.69) is 33.3 Å². The van der Waals surface area contributed by atoms with E-state index in [1.165, 1.54) is 0 Å². The first-order valence-corrected chi connectivity index (χ1v) is 10.2. The van der Waals surface area contributed by atoms with Gasteiger partial charge in [0.1, 0.15) is 18.5 Å². The topological polar surface area (TPSA) is 67.7 Å². The van der Waals surface area contributed by atoms with Gasteiger partial charge in [0.15, 0.2) is 0 Å². The van der Waals surface area contributed by atoms with Crippen molar-refractivity contribution in [3.05, 3.63) is 54.9 Å². The highest BCUT2D eigenvalue weighted by atomic mass is 16.5. The van der Waals surface area contributed by atoms with Gasteiger partial charge in [0, 0.05) is 30.8 Å². The third-order valence-corrected chi connectivity index (χ3v) is 5.78. The molecule has 1 aromatic heterocycles. The molecule has 6 nitrogen and oxygen atoms in total. The molecule has 0 saturated carbocycles. The van der Waals surface area contributed by atoms with Gasteiger partial charge in [0.2, 0.25) is 0 Å². The fourth-order valence-corrected chi connectivity index (χ4v) is 4.49. The Labute approximate surface area is 170 Å². The fraction of sp³-hybridized carbons (Fsp3) is 0.391. The number of fused-ring (bicyclic) bond motifs is 3. The maximum Gasteiger partial charge on any atom is 0.127 e. The highest BCUT2D eigenvalue weighted by Gasteiger charge is 2.34. The lowest BCUT2D eigenvalue weighted by Crippen LogP contribution is -2.46. The lowest BCUT2D eigenvalue weighted by molar-refractivity contribution is -0.0528. The Morgan fingerprint density at radius 3 is 2.69 bits per heavy atom. The molecule has 2 bridgehead atoms. The summed E-state index contributed by atoms with van der Waals surface area (Å²) in [6.45, 7) is 2.65. The van der Waals surface area contributed by atoms with Crippen LogP contribution in [0.15, 0.2) is 54.9 Å². The monoisotopic (exact) mass is 391 g/mol. The molecule has 0 radical (unpaired) electrons. The second-order valence-electron chi connectivity index (χ2n) is 7.93. The molecule has 1 N–H and O–H groups in total. The van der Waals surface area contributed by atoms with Crippen molar-refractivity contribution in [1.82, 2.24) is 15.1 Å². The average Bonchev–Trinajstić information content (AvgIpc) is 3.10. The van der Waals surface area contributed by atoms with Crippen LogP contribution in [0, 0.1) is 0 Å². The molecule has 0 aliphatic carbocycles. The van der Waals surface area contributed by atoms with Crippen molar-refractivity contribution >= 4 is 10.8 Å². The summed E-state index contributed by atoms with van der Waals surface area (Å²) in [4.78, 5) is 2.30. The summed E-state index contributed by atoms with van der Waals surface area (Å²) in [6, 6.07) is 14.2. The standard InChI is InChI=1S/C23H25N3O3/c27-18(12-26-13-19-6-7-20(14-26)29-19)15-28-22-8-5-16-3-1-2-4-21(16)23(22)17-9-10-24-25-11-17/h1-5,8-11,18-20,27H,6-7,12-15H2/t18?,19-,20+. The Morgan fingerprint density at radius 1 is 1.07 bits per heavy atom. The minimum Gasteiger partial charge on any atom is -0.490 e. The van der Waals surface area contributed by atoms with Gasteiger partial charge in [-0.25, -0.2) is 0 Å². The molecule has 150 valence electrons. The molecule has 0 spiro atoms. The van der Waals surface area contributed by atoms with Gasteiger partial charge in [-0.1, -0.05) is 30.3 Å². The number of aliphatic hydroxyl groups excluding tert-OH is 1. The maximum absolute atomic E-state index is 10.6. The number of likely N-dealkylation sites (tertiary alicyclic amines) is 1. The number of ether oxygens (including phenoxy) is 2. The Kier molecular flexibility index (Phi) is 5.14. The molecule has 2 fully saturated rings. The van der Waals surface area contributed by atoms with E-state index in [0.29, 0.717) is 18.8 Å². The van der Waals surface area contributed by atoms with E-state index in [9.17, 15) is 5.11 Å². The minimum atomic E-state index is -0.553. The summed E-state index contributed by atoms with van der Waals surface area (Å²) in [5.74, 6) is 0.748. The molecule has 2 aromatic carbocycles. The van der Waals surface area contributed by atoms with E-state index in [0.717, 1.165) is 53.6 Å². The number of benzene rings is 2. The van der Waals surface area contributed by atoms with Crippen LogP contribution in [0.2, 0.25) is 0 Å². The normalized spacial score (nSPS) is 22.7. The van der Waals surface area contributed by atoms with Gasteiger partial charge in [-0.05, 0) is 35.7 Å². The van der Waals surface area contributed by atoms with E-state index in [-0.39, 0.29) is 6.61 Å².